The third kappa shape index (κ3) is 3.33. The van der Waals surface area contributed by atoms with E-state index in [0.717, 1.165) is 4.31 Å². The van der Waals surface area contributed by atoms with E-state index in [1.807, 2.05) is 0 Å². The van der Waals surface area contributed by atoms with E-state index in [4.69, 9.17) is 27.5 Å². The zero-order valence-electron chi connectivity index (χ0n) is 9.58. The summed E-state index contributed by atoms with van der Waals surface area (Å²) in [6.45, 7) is -0.893. The van der Waals surface area contributed by atoms with Gasteiger partial charge in [0.05, 0.1) is 18.9 Å². The van der Waals surface area contributed by atoms with Crippen LogP contribution in [-0.4, -0.2) is 49.2 Å². The minimum Gasteiger partial charge on any atom is -0.398 e. The quantitative estimate of drug-likeness (QED) is 0.636. The molecule has 0 aliphatic carbocycles. The minimum absolute atomic E-state index is 0.0309. The maximum Gasteiger partial charge on any atom is 0.245 e. The molecule has 1 rings (SSSR count). The number of nitrogen functional groups attached to an aromatic ring is 1. The molecule has 4 N–H and O–H groups in total. The van der Waals surface area contributed by atoms with Crippen molar-refractivity contribution in [3.05, 3.63) is 23.2 Å². The number of benzene rings is 1. The van der Waals surface area contributed by atoms with Crippen LogP contribution in [0.3, 0.4) is 0 Å². The van der Waals surface area contributed by atoms with Crippen LogP contribution >= 0.6 is 11.6 Å². The summed E-state index contributed by atoms with van der Waals surface area (Å²) in [5.74, 6) is 0. The van der Waals surface area contributed by atoms with Crippen LogP contribution in [0.4, 0.5) is 5.69 Å². The van der Waals surface area contributed by atoms with Crippen molar-refractivity contribution in [3.63, 3.8) is 0 Å². The van der Waals surface area contributed by atoms with Gasteiger partial charge in [-0.25, -0.2) is 8.42 Å². The molecule has 0 heterocycles. The summed E-state index contributed by atoms with van der Waals surface area (Å²) in [5.41, 5.74) is 5.65. The second-order valence-corrected chi connectivity index (χ2v) is 5.88. The number of sulfonamides is 1. The van der Waals surface area contributed by atoms with Gasteiger partial charge in [-0.15, -0.1) is 0 Å². The molecule has 1 aromatic carbocycles. The predicted molar refractivity (Wildman–Crippen MR) is 68.8 cm³/mol. The van der Waals surface area contributed by atoms with E-state index in [0.29, 0.717) is 5.02 Å². The van der Waals surface area contributed by atoms with Gasteiger partial charge >= 0.3 is 0 Å². The average molecular weight is 295 g/mol. The van der Waals surface area contributed by atoms with Crippen LogP contribution in [0.25, 0.3) is 0 Å². The van der Waals surface area contributed by atoms with Crippen LogP contribution in [0.15, 0.2) is 23.1 Å². The van der Waals surface area contributed by atoms with Crippen LogP contribution in [0.1, 0.15) is 0 Å². The molecule has 0 saturated carbocycles. The summed E-state index contributed by atoms with van der Waals surface area (Å²) in [6, 6.07) is 4.06. The van der Waals surface area contributed by atoms with E-state index in [1.54, 1.807) is 0 Å². The number of nitrogens with zero attached hydrogens (tertiary/aromatic N) is 1. The van der Waals surface area contributed by atoms with E-state index in [9.17, 15) is 8.42 Å². The third-order valence-corrected chi connectivity index (χ3v) is 4.50. The van der Waals surface area contributed by atoms with E-state index < -0.39 is 10.0 Å². The lowest BCUT2D eigenvalue weighted by Crippen LogP contribution is -2.36. The van der Waals surface area contributed by atoms with E-state index in [2.05, 4.69) is 0 Å². The highest BCUT2D eigenvalue weighted by Crippen LogP contribution is 2.25. The molecule has 102 valence electrons. The molecule has 0 aliphatic heterocycles. The molecule has 0 amide bonds. The monoisotopic (exact) mass is 294 g/mol. The van der Waals surface area contributed by atoms with E-state index in [-0.39, 0.29) is 36.9 Å². The highest BCUT2D eigenvalue weighted by molar-refractivity contribution is 7.89. The summed E-state index contributed by atoms with van der Waals surface area (Å²) >= 11 is 5.70. The zero-order chi connectivity index (χ0) is 13.8. The van der Waals surface area contributed by atoms with Gasteiger partial charge in [0.25, 0.3) is 0 Å². The van der Waals surface area contributed by atoms with Gasteiger partial charge in [0, 0.05) is 18.1 Å². The fourth-order valence-electron chi connectivity index (χ4n) is 1.47. The van der Waals surface area contributed by atoms with Gasteiger partial charge < -0.3 is 15.9 Å². The first-order valence-electron chi connectivity index (χ1n) is 5.20. The second-order valence-electron chi connectivity index (χ2n) is 3.53. The number of anilines is 1. The molecular weight excluding hydrogens is 280 g/mol. The first kappa shape index (κ1) is 15.2. The van der Waals surface area contributed by atoms with Gasteiger partial charge in [0.1, 0.15) is 4.90 Å². The lowest BCUT2D eigenvalue weighted by Gasteiger charge is -2.21. The first-order valence-corrected chi connectivity index (χ1v) is 7.02. The lowest BCUT2D eigenvalue weighted by atomic mass is 10.3. The largest absolute Gasteiger partial charge is 0.398 e. The van der Waals surface area contributed by atoms with Crippen LogP contribution in [-0.2, 0) is 10.0 Å². The van der Waals surface area contributed by atoms with E-state index in [1.165, 1.54) is 18.2 Å². The molecule has 0 aromatic heterocycles. The summed E-state index contributed by atoms with van der Waals surface area (Å²) in [4.78, 5) is -0.0891. The molecule has 1 aromatic rings. The Morgan fingerprint density at radius 2 is 1.78 bits per heavy atom. The summed E-state index contributed by atoms with van der Waals surface area (Å²) in [7, 11) is -3.84. The molecule has 0 spiro atoms. The van der Waals surface area contributed by atoms with Crippen molar-refractivity contribution in [2.45, 2.75) is 4.90 Å². The molecule has 0 aliphatic rings. The number of aliphatic hydroxyl groups is 2. The molecule has 0 radical (unpaired) electrons. The van der Waals surface area contributed by atoms with Crippen molar-refractivity contribution < 1.29 is 18.6 Å². The van der Waals surface area contributed by atoms with Gasteiger partial charge in [-0.1, -0.05) is 11.6 Å². The van der Waals surface area contributed by atoms with Crippen molar-refractivity contribution in [3.8, 4) is 0 Å². The Hall–Kier alpha value is -0.860. The molecule has 6 nitrogen and oxygen atoms in total. The van der Waals surface area contributed by atoms with Gasteiger partial charge in [-0.05, 0) is 18.2 Å². The predicted octanol–water partition coefficient (Wildman–Crippen LogP) is -0.102. The molecule has 0 fully saturated rings. The summed E-state index contributed by atoms with van der Waals surface area (Å²) in [6.07, 6.45) is 0. The number of hydrogen-bond acceptors (Lipinski definition) is 5. The Labute approximate surface area is 111 Å². The van der Waals surface area contributed by atoms with Crippen molar-refractivity contribution in [1.82, 2.24) is 4.31 Å². The smallest absolute Gasteiger partial charge is 0.245 e. The normalized spacial score (nSPS) is 12.0. The Balaban J connectivity index is 3.17. The molecule has 0 unspecified atom stereocenters. The van der Waals surface area contributed by atoms with Gasteiger partial charge in [-0.3, -0.25) is 0 Å². The maximum absolute atomic E-state index is 12.2. The van der Waals surface area contributed by atoms with Crippen LogP contribution in [0.2, 0.25) is 5.02 Å². The number of rotatable bonds is 6. The van der Waals surface area contributed by atoms with Crippen molar-refractivity contribution in [1.29, 1.82) is 0 Å². The van der Waals surface area contributed by atoms with Crippen LogP contribution in [0.5, 0.6) is 0 Å². The lowest BCUT2D eigenvalue weighted by molar-refractivity contribution is 0.217. The Morgan fingerprint density at radius 1 is 1.22 bits per heavy atom. The molecular formula is C10H15ClN2O4S. The number of nitrogens with two attached hydrogens (primary N) is 1. The number of aliphatic hydroxyl groups excluding tert-OH is 2. The van der Waals surface area contributed by atoms with Crippen molar-refractivity contribution in [2.75, 3.05) is 32.0 Å². The molecule has 0 bridgehead atoms. The Bertz CT molecular complexity index is 501. The van der Waals surface area contributed by atoms with Crippen LogP contribution < -0.4 is 5.73 Å². The SMILES string of the molecule is Nc1cc(Cl)ccc1S(=O)(=O)N(CCO)CCO. The minimum atomic E-state index is -3.84. The number of hydrogen-bond donors (Lipinski definition) is 3. The standard InChI is InChI=1S/C10H15ClN2O4S/c11-8-1-2-10(9(12)7-8)18(16,17)13(3-5-14)4-6-15/h1-2,7,14-15H,3-6,12H2. The van der Waals surface area contributed by atoms with Crippen LogP contribution in [0, 0.1) is 0 Å². The Kier molecular flexibility index (Phi) is 5.36. The Morgan fingerprint density at radius 3 is 2.22 bits per heavy atom. The van der Waals surface area contributed by atoms with Crippen molar-refractivity contribution in [2.24, 2.45) is 0 Å². The van der Waals surface area contributed by atoms with Gasteiger partial charge in [-0.2, -0.15) is 4.31 Å². The zero-order valence-corrected chi connectivity index (χ0v) is 11.2. The second kappa shape index (κ2) is 6.35. The van der Waals surface area contributed by atoms with Crippen molar-refractivity contribution >= 4 is 27.3 Å². The number of halogens is 1. The summed E-state index contributed by atoms with van der Waals surface area (Å²) < 4.78 is 25.4. The van der Waals surface area contributed by atoms with E-state index >= 15 is 0 Å². The van der Waals surface area contributed by atoms with Gasteiger partial charge in [0.15, 0.2) is 0 Å². The highest BCUT2D eigenvalue weighted by Gasteiger charge is 2.25. The average Bonchev–Trinajstić information content (AvgIpc) is 2.28. The molecule has 0 saturated heterocycles. The molecule has 8 heteroatoms. The maximum atomic E-state index is 12.2. The fraction of sp³-hybridized carbons (Fsp3) is 0.400. The van der Waals surface area contributed by atoms with Gasteiger partial charge in [0.2, 0.25) is 10.0 Å². The topological polar surface area (TPSA) is 104 Å². The molecule has 18 heavy (non-hydrogen) atoms. The third-order valence-electron chi connectivity index (χ3n) is 2.29. The first-order chi connectivity index (χ1) is 8.43. The summed E-state index contributed by atoms with van der Waals surface area (Å²) in [5, 5.41) is 18.0. The fourth-order valence-corrected chi connectivity index (χ4v) is 3.17. The highest BCUT2D eigenvalue weighted by atomic mass is 35.5. The molecule has 0 atom stereocenters.